The van der Waals surface area contributed by atoms with Gasteiger partial charge in [0.2, 0.25) is 5.91 Å². The van der Waals surface area contributed by atoms with Gasteiger partial charge in [-0.3, -0.25) is 9.59 Å². The summed E-state index contributed by atoms with van der Waals surface area (Å²) in [4.78, 5) is 27.1. The number of aromatic nitrogens is 1. The van der Waals surface area contributed by atoms with E-state index in [-0.39, 0.29) is 11.8 Å². The Morgan fingerprint density at radius 1 is 1.25 bits per heavy atom. The van der Waals surface area contributed by atoms with Gasteiger partial charge in [0.15, 0.2) is 0 Å². The lowest BCUT2D eigenvalue weighted by Gasteiger charge is -2.15. The highest BCUT2D eigenvalue weighted by Gasteiger charge is 2.22. The molecular formula is C15H17N3O2. The molecule has 1 aromatic heterocycles. The van der Waals surface area contributed by atoms with Crippen molar-refractivity contribution in [2.75, 3.05) is 6.54 Å². The fourth-order valence-electron chi connectivity index (χ4n) is 2.51. The molecule has 2 amide bonds. The molecule has 0 bridgehead atoms. The van der Waals surface area contributed by atoms with Crippen LogP contribution in [-0.2, 0) is 4.79 Å². The molecule has 1 saturated heterocycles. The minimum absolute atomic E-state index is 0.0863. The highest BCUT2D eigenvalue weighted by molar-refractivity contribution is 6.00. The normalized spacial score (nSPS) is 19.4. The molecule has 0 radical (unpaired) electrons. The maximum absolute atomic E-state index is 12.2. The second-order valence-corrected chi connectivity index (χ2v) is 5.09. The Kier molecular flexibility index (Phi) is 3.41. The Balaban J connectivity index is 1.76. The SMILES string of the molecule is O=C(N[C@@H]1CCCCNC1=O)c1ccc2cc[nH]c2c1. The number of fused-ring (bicyclic) bond motifs is 1. The molecule has 1 aliphatic heterocycles. The molecule has 1 aliphatic rings. The third-order valence-electron chi connectivity index (χ3n) is 3.66. The zero-order valence-corrected chi connectivity index (χ0v) is 11.1. The smallest absolute Gasteiger partial charge is 0.252 e. The van der Waals surface area contributed by atoms with Crippen molar-refractivity contribution < 1.29 is 9.59 Å². The van der Waals surface area contributed by atoms with Gasteiger partial charge >= 0.3 is 0 Å². The predicted molar refractivity (Wildman–Crippen MR) is 76.4 cm³/mol. The maximum Gasteiger partial charge on any atom is 0.252 e. The van der Waals surface area contributed by atoms with Crippen molar-refractivity contribution in [2.24, 2.45) is 0 Å². The Labute approximate surface area is 116 Å². The van der Waals surface area contributed by atoms with E-state index in [1.807, 2.05) is 18.3 Å². The van der Waals surface area contributed by atoms with Crippen LogP contribution in [0.5, 0.6) is 0 Å². The zero-order valence-electron chi connectivity index (χ0n) is 11.1. The molecular weight excluding hydrogens is 254 g/mol. The van der Waals surface area contributed by atoms with Crippen molar-refractivity contribution in [1.29, 1.82) is 0 Å². The van der Waals surface area contributed by atoms with Gasteiger partial charge in [-0.2, -0.15) is 0 Å². The molecule has 5 nitrogen and oxygen atoms in total. The summed E-state index contributed by atoms with van der Waals surface area (Å²) < 4.78 is 0. The van der Waals surface area contributed by atoms with Gasteiger partial charge in [0, 0.05) is 23.8 Å². The van der Waals surface area contributed by atoms with Crippen molar-refractivity contribution in [1.82, 2.24) is 15.6 Å². The van der Waals surface area contributed by atoms with Crippen LogP contribution in [0.25, 0.3) is 10.9 Å². The molecule has 2 heterocycles. The van der Waals surface area contributed by atoms with Crippen LogP contribution >= 0.6 is 0 Å². The summed E-state index contributed by atoms with van der Waals surface area (Å²) in [6.07, 6.45) is 4.44. The van der Waals surface area contributed by atoms with Crippen LogP contribution in [0.2, 0.25) is 0 Å². The number of hydrogen-bond acceptors (Lipinski definition) is 2. The number of hydrogen-bond donors (Lipinski definition) is 3. The summed E-state index contributed by atoms with van der Waals surface area (Å²) in [7, 11) is 0. The van der Waals surface area contributed by atoms with Gasteiger partial charge in [0.25, 0.3) is 5.91 Å². The van der Waals surface area contributed by atoms with Gasteiger partial charge in [-0.15, -0.1) is 0 Å². The van der Waals surface area contributed by atoms with Crippen LogP contribution in [-0.4, -0.2) is 29.4 Å². The van der Waals surface area contributed by atoms with E-state index >= 15 is 0 Å². The lowest BCUT2D eigenvalue weighted by atomic mass is 10.1. The predicted octanol–water partition coefficient (Wildman–Crippen LogP) is 1.57. The Hall–Kier alpha value is -2.30. The number of carbonyl (C=O) groups excluding carboxylic acids is 2. The minimum atomic E-state index is -0.427. The van der Waals surface area contributed by atoms with Crippen LogP contribution in [0, 0.1) is 0 Å². The van der Waals surface area contributed by atoms with Crippen molar-refractivity contribution in [3.8, 4) is 0 Å². The molecule has 0 spiro atoms. The third-order valence-corrected chi connectivity index (χ3v) is 3.66. The third kappa shape index (κ3) is 2.52. The summed E-state index contributed by atoms with van der Waals surface area (Å²) in [6, 6.07) is 7.01. The van der Waals surface area contributed by atoms with Gasteiger partial charge < -0.3 is 15.6 Å². The number of nitrogens with one attached hydrogen (secondary N) is 3. The first-order valence-corrected chi connectivity index (χ1v) is 6.90. The summed E-state index contributed by atoms with van der Waals surface area (Å²) in [5.74, 6) is -0.291. The topological polar surface area (TPSA) is 74.0 Å². The molecule has 5 heteroatoms. The largest absolute Gasteiger partial charge is 0.361 e. The van der Waals surface area contributed by atoms with Gasteiger partial charge in [-0.25, -0.2) is 0 Å². The summed E-state index contributed by atoms with van der Waals surface area (Å²) in [5, 5.41) is 6.70. The van der Waals surface area contributed by atoms with Crippen molar-refractivity contribution in [3.63, 3.8) is 0 Å². The lowest BCUT2D eigenvalue weighted by Crippen LogP contribution is -2.45. The number of amides is 2. The molecule has 0 saturated carbocycles. The van der Waals surface area contributed by atoms with E-state index in [1.165, 1.54) is 0 Å². The molecule has 20 heavy (non-hydrogen) atoms. The monoisotopic (exact) mass is 271 g/mol. The van der Waals surface area contributed by atoms with E-state index in [2.05, 4.69) is 15.6 Å². The molecule has 2 aromatic rings. The van der Waals surface area contributed by atoms with Gasteiger partial charge in [0.05, 0.1) is 0 Å². The molecule has 3 rings (SSSR count). The molecule has 3 N–H and O–H groups in total. The van der Waals surface area contributed by atoms with E-state index in [9.17, 15) is 9.59 Å². The van der Waals surface area contributed by atoms with Crippen LogP contribution in [0.3, 0.4) is 0 Å². The molecule has 1 fully saturated rings. The molecule has 1 aromatic carbocycles. The van der Waals surface area contributed by atoms with Crippen molar-refractivity contribution in [2.45, 2.75) is 25.3 Å². The Morgan fingerprint density at radius 2 is 2.15 bits per heavy atom. The number of benzene rings is 1. The fourth-order valence-corrected chi connectivity index (χ4v) is 2.51. The average Bonchev–Trinajstić information content (AvgIpc) is 2.83. The van der Waals surface area contributed by atoms with Gasteiger partial charge in [-0.1, -0.05) is 6.07 Å². The van der Waals surface area contributed by atoms with Crippen molar-refractivity contribution >= 4 is 22.7 Å². The quantitative estimate of drug-likeness (QED) is 0.775. The second-order valence-electron chi connectivity index (χ2n) is 5.09. The van der Waals surface area contributed by atoms with E-state index < -0.39 is 6.04 Å². The first kappa shape index (κ1) is 12.7. The maximum atomic E-state index is 12.2. The van der Waals surface area contributed by atoms with Crippen LogP contribution < -0.4 is 10.6 Å². The summed E-state index contributed by atoms with van der Waals surface area (Å²) >= 11 is 0. The highest BCUT2D eigenvalue weighted by Crippen LogP contribution is 2.14. The molecule has 104 valence electrons. The summed E-state index contributed by atoms with van der Waals surface area (Å²) in [6.45, 7) is 0.694. The number of aromatic amines is 1. The number of rotatable bonds is 2. The Morgan fingerprint density at radius 3 is 3.05 bits per heavy atom. The molecule has 1 atom stereocenters. The van der Waals surface area contributed by atoms with E-state index in [0.717, 1.165) is 23.7 Å². The lowest BCUT2D eigenvalue weighted by molar-refractivity contribution is -0.122. The fraction of sp³-hybridized carbons (Fsp3) is 0.333. The first-order chi connectivity index (χ1) is 9.74. The summed E-state index contributed by atoms with van der Waals surface area (Å²) in [5.41, 5.74) is 1.49. The van der Waals surface area contributed by atoms with Crippen molar-refractivity contribution in [3.05, 3.63) is 36.0 Å². The minimum Gasteiger partial charge on any atom is -0.361 e. The molecule has 0 aliphatic carbocycles. The van der Waals surface area contributed by atoms with E-state index in [1.54, 1.807) is 12.1 Å². The zero-order chi connectivity index (χ0) is 13.9. The Bertz CT molecular complexity index is 647. The van der Waals surface area contributed by atoms with Gasteiger partial charge in [-0.05, 0) is 42.8 Å². The number of H-pyrrole nitrogens is 1. The van der Waals surface area contributed by atoms with Crippen LogP contribution in [0.1, 0.15) is 29.6 Å². The van der Waals surface area contributed by atoms with E-state index in [0.29, 0.717) is 18.5 Å². The first-order valence-electron chi connectivity index (χ1n) is 6.90. The highest BCUT2D eigenvalue weighted by atomic mass is 16.2. The van der Waals surface area contributed by atoms with Crippen LogP contribution in [0.4, 0.5) is 0 Å². The standard InChI is InChI=1S/C15H17N3O2/c19-14(18-12-3-1-2-7-17-15(12)20)11-5-4-10-6-8-16-13(10)9-11/h4-6,8-9,12,16H,1-3,7H2,(H,17,20)(H,18,19)/t12-/m1/s1. The molecule has 0 unspecified atom stereocenters. The van der Waals surface area contributed by atoms with Gasteiger partial charge in [0.1, 0.15) is 6.04 Å². The number of carbonyl (C=O) groups is 2. The second kappa shape index (κ2) is 5.36. The average molecular weight is 271 g/mol. The van der Waals surface area contributed by atoms with E-state index in [4.69, 9.17) is 0 Å². The van der Waals surface area contributed by atoms with Crippen LogP contribution in [0.15, 0.2) is 30.5 Å².